The number of carbonyl (C=O) groups is 1. The standard InChI is InChI=1S/C12H14N6O/c1-2-5-15-11-4-3-10(17-18-11)12(19)16-9-6-13-8-14-7-9/h3-4,6-8H,2,5H2,1H3,(H,15,18)(H,16,19). The molecule has 0 saturated heterocycles. The summed E-state index contributed by atoms with van der Waals surface area (Å²) in [4.78, 5) is 19.5. The van der Waals surface area contributed by atoms with E-state index in [2.05, 4.69) is 37.7 Å². The largest absolute Gasteiger partial charge is 0.369 e. The Morgan fingerprint density at radius 3 is 2.63 bits per heavy atom. The quantitative estimate of drug-likeness (QED) is 0.840. The zero-order chi connectivity index (χ0) is 13.5. The molecule has 2 aromatic rings. The lowest BCUT2D eigenvalue weighted by Gasteiger charge is -2.05. The summed E-state index contributed by atoms with van der Waals surface area (Å²) >= 11 is 0. The molecule has 0 radical (unpaired) electrons. The highest BCUT2D eigenvalue weighted by Gasteiger charge is 2.08. The number of nitrogens with one attached hydrogen (secondary N) is 2. The van der Waals surface area contributed by atoms with Crippen LogP contribution in [0.3, 0.4) is 0 Å². The molecular formula is C12H14N6O. The maximum Gasteiger partial charge on any atom is 0.276 e. The van der Waals surface area contributed by atoms with E-state index < -0.39 is 0 Å². The number of hydrogen-bond acceptors (Lipinski definition) is 6. The SMILES string of the molecule is CCCNc1ccc(C(=O)Nc2cncnc2)nn1. The number of aromatic nitrogens is 4. The molecule has 0 fully saturated rings. The highest BCUT2D eigenvalue weighted by molar-refractivity contribution is 6.02. The van der Waals surface area contributed by atoms with Crippen molar-refractivity contribution >= 4 is 17.4 Å². The van der Waals surface area contributed by atoms with Gasteiger partial charge < -0.3 is 10.6 Å². The zero-order valence-electron chi connectivity index (χ0n) is 10.5. The maximum atomic E-state index is 11.8. The van der Waals surface area contributed by atoms with Gasteiger partial charge in [0.2, 0.25) is 0 Å². The fourth-order valence-electron chi connectivity index (χ4n) is 1.36. The molecule has 0 atom stereocenters. The lowest BCUT2D eigenvalue weighted by atomic mass is 10.3. The fraction of sp³-hybridized carbons (Fsp3) is 0.250. The van der Waals surface area contributed by atoms with Crippen LogP contribution in [0.15, 0.2) is 30.9 Å². The number of hydrogen-bond donors (Lipinski definition) is 2. The van der Waals surface area contributed by atoms with Crippen molar-refractivity contribution in [2.45, 2.75) is 13.3 Å². The second-order valence-electron chi connectivity index (χ2n) is 3.81. The van der Waals surface area contributed by atoms with E-state index in [4.69, 9.17) is 0 Å². The number of anilines is 2. The van der Waals surface area contributed by atoms with E-state index in [1.807, 2.05) is 0 Å². The van der Waals surface area contributed by atoms with Crippen LogP contribution < -0.4 is 10.6 Å². The maximum absolute atomic E-state index is 11.8. The average Bonchev–Trinajstić information content (AvgIpc) is 2.46. The van der Waals surface area contributed by atoms with Crippen LogP contribution in [0.25, 0.3) is 0 Å². The van der Waals surface area contributed by atoms with Crippen molar-refractivity contribution in [2.75, 3.05) is 17.2 Å². The Balaban J connectivity index is 1.99. The van der Waals surface area contributed by atoms with Crippen LogP contribution in [0, 0.1) is 0 Å². The molecule has 0 unspecified atom stereocenters. The third-order valence-corrected chi connectivity index (χ3v) is 2.27. The minimum Gasteiger partial charge on any atom is -0.369 e. The first-order chi connectivity index (χ1) is 9.29. The van der Waals surface area contributed by atoms with Crippen molar-refractivity contribution in [3.05, 3.63) is 36.5 Å². The second-order valence-corrected chi connectivity index (χ2v) is 3.81. The van der Waals surface area contributed by atoms with Gasteiger partial charge in [-0.15, -0.1) is 10.2 Å². The molecule has 7 heteroatoms. The Kier molecular flexibility index (Phi) is 4.33. The number of nitrogens with zero attached hydrogens (tertiary/aromatic N) is 4. The third-order valence-electron chi connectivity index (χ3n) is 2.27. The smallest absolute Gasteiger partial charge is 0.276 e. The van der Waals surface area contributed by atoms with Gasteiger partial charge in [0.15, 0.2) is 5.69 Å². The summed E-state index contributed by atoms with van der Waals surface area (Å²) in [6.07, 6.45) is 5.41. The number of rotatable bonds is 5. The topological polar surface area (TPSA) is 92.7 Å². The summed E-state index contributed by atoms with van der Waals surface area (Å²) in [6, 6.07) is 3.34. The highest BCUT2D eigenvalue weighted by atomic mass is 16.1. The van der Waals surface area contributed by atoms with E-state index >= 15 is 0 Å². The van der Waals surface area contributed by atoms with E-state index in [-0.39, 0.29) is 11.6 Å². The molecule has 7 nitrogen and oxygen atoms in total. The first kappa shape index (κ1) is 12.9. The van der Waals surface area contributed by atoms with Crippen molar-refractivity contribution in [2.24, 2.45) is 0 Å². The Labute approximate surface area is 110 Å². The molecule has 2 aromatic heterocycles. The predicted molar refractivity (Wildman–Crippen MR) is 70.8 cm³/mol. The van der Waals surface area contributed by atoms with Crippen LogP contribution in [-0.4, -0.2) is 32.6 Å². The normalized spacial score (nSPS) is 9.95. The van der Waals surface area contributed by atoms with Crippen LogP contribution in [0.1, 0.15) is 23.8 Å². The summed E-state index contributed by atoms with van der Waals surface area (Å²) in [5.41, 5.74) is 0.758. The van der Waals surface area contributed by atoms with Crippen LogP contribution >= 0.6 is 0 Å². The van der Waals surface area contributed by atoms with Crippen LogP contribution in [0.4, 0.5) is 11.5 Å². The van der Waals surface area contributed by atoms with Gasteiger partial charge in [0.25, 0.3) is 5.91 Å². The van der Waals surface area contributed by atoms with Gasteiger partial charge in [-0.2, -0.15) is 0 Å². The van der Waals surface area contributed by atoms with Crippen LogP contribution in [0.2, 0.25) is 0 Å². The molecule has 0 aromatic carbocycles. The van der Waals surface area contributed by atoms with E-state index in [9.17, 15) is 4.79 Å². The minimum absolute atomic E-state index is 0.242. The Morgan fingerprint density at radius 1 is 1.21 bits per heavy atom. The van der Waals surface area contributed by atoms with Crippen LogP contribution in [0.5, 0.6) is 0 Å². The van der Waals surface area contributed by atoms with E-state index in [0.717, 1.165) is 13.0 Å². The summed E-state index contributed by atoms with van der Waals surface area (Å²) in [5, 5.41) is 13.5. The molecule has 2 N–H and O–H groups in total. The molecule has 0 bridgehead atoms. The summed E-state index contributed by atoms with van der Waals surface area (Å²) in [7, 11) is 0. The molecule has 2 heterocycles. The van der Waals surface area contributed by atoms with Gasteiger partial charge >= 0.3 is 0 Å². The monoisotopic (exact) mass is 258 g/mol. The van der Waals surface area contributed by atoms with E-state index in [0.29, 0.717) is 11.5 Å². The van der Waals surface area contributed by atoms with Crippen molar-refractivity contribution < 1.29 is 4.79 Å². The Hall–Kier alpha value is -2.57. The van der Waals surface area contributed by atoms with Crippen molar-refractivity contribution in [3.8, 4) is 0 Å². The molecule has 0 spiro atoms. The molecule has 0 aliphatic rings. The average molecular weight is 258 g/mol. The molecule has 0 aliphatic carbocycles. The van der Waals surface area contributed by atoms with Gasteiger partial charge in [0.1, 0.15) is 12.1 Å². The van der Waals surface area contributed by atoms with Gasteiger partial charge in [-0.1, -0.05) is 6.92 Å². The second kappa shape index (κ2) is 6.39. The molecule has 0 saturated carbocycles. The molecule has 19 heavy (non-hydrogen) atoms. The first-order valence-electron chi connectivity index (χ1n) is 5.93. The lowest BCUT2D eigenvalue weighted by Crippen LogP contribution is -2.15. The molecule has 2 rings (SSSR count). The molecule has 1 amide bonds. The number of carbonyl (C=O) groups excluding carboxylic acids is 1. The van der Waals surface area contributed by atoms with E-state index in [1.165, 1.54) is 18.7 Å². The van der Waals surface area contributed by atoms with Gasteiger partial charge in [0, 0.05) is 6.54 Å². The fourth-order valence-corrected chi connectivity index (χ4v) is 1.36. The van der Waals surface area contributed by atoms with Crippen molar-refractivity contribution in [3.63, 3.8) is 0 Å². The summed E-state index contributed by atoms with van der Waals surface area (Å²) in [6.45, 7) is 2.88. The Morgan fingerprint density at radius 2 is 2.00 bits per heavy atom. The Bertz CT molecular complexity index is 528. The van der Waals surface area contributed by atoms with Gasteiger partial charge in [-0.05, 0) is 18.6 Å². The highest BCUT2D eigenvalue weighted by Crippen LogP contribution is 2.06. The third kappa shape index (κ3) is 3.70. The summed E-state index contributed by atoms with van der Waals surface area (Å²) in [5.74, 6) is 0.311. The lowest BCUT2D eigenvalue weighted by molar-refractivity contribution is 0.102. The van der Waals surface area contributed by atoms with E-state index in [1.54, 1.807) is 12.1 Å². The van der Waals surface area contributed by atoms with Gasteiger partial charge in [-0.25, -0.2) is 9.97 Å². The molecule has 0 aliphatic heterocycles. The predicted octanol–water partition coefficient (Wildman–Crippen LogP) is 1.34. The molecule has 98 valence electrons. The van der Waals surface area contributed by atoms with Crippen molar-refractivity contribution in [1.82, 2.24) is 20.2 Å². The van der Waals surface area contributed by atoms with Crippen molar-refractivity contribution in [1.29, 1.82) is 0 Å². The van der Waals surface area contributed by atoms with Gasteiger partial charge in [-0.3, -0.25) is 4.79 Å². The molecular weight excluding hydrogens is 244 g/mol. The number of amides is 1. The van der Waals surface area contributed by atoms with Gasteiger partial charge in [0.05, 0.1) is 18.1 Å². The minimum atomic E-state index is -0.343. The zero-order valence-corrected chi connectivity index (χ0v) is 10.5. The van der Waals surface area contributed by atoms with Crippen LogP contribution in [-0.2, 0) is 0 Å². The summed E-state index contributed by atoms with van der Waals surface area (Å²) < 4.78 is 0. The first-order valence-corrected chi connectivity index (χ1v) is 5.93.